The number of rotatable bonds is 3. The third kappa shape index (κ3) is 2.55. The molecule has 17 heavy (non-hydrogen) atoms. The summed E-state index contributed by atoms with van der Waals surface area (Å²) >= 11 is 3.28. The molecule has 0 spiro atoms. The lowest BCUT2D eigenvalue weighted by atomic mass is 9.94. The number of nitrogens with zero attached hydrogens (tertiary/aromatic N) is 1. The van der Waals surface area contributed by atoms with Crippen molar-refractivity contribution in [3.05, 3.63) is 22.6 Å². The fourth-order valence-electron chi connectivity index (χ4n) is 2.33. The SMILES string of the molecule is CCCN1C(=O)CCC(N)C1c1ccc(Br)o1. The maximum atomic E-state index is 11.9. The Bertz CT molecular complexity index is 405. The summed E-state index contributed by atoms with van der Waals surface area (Å²) in [6, 6.07) is 3.56. The Balaban J connectivity index is 2.28. The zero-order valence-electron chi connectivity index (χ0n) is 9.86. The lowest BCUT2D eigenvalue weighted by Gasteiger charge is -2.38. The van der Waals surface area contributed by atoms with Crippen LogP contribution in [0.2, 0.25) is 0 Å². The van der Waals surface area contributed by atoms with E-state index in [1.807, 2.05) is 17.0 Å². The molecule has 1 aromatic rings. The van der Waals surface area contributed by atoms with Gasteiger partial charge in [-0.2, -0.15) is 0 Å². The monoisotopic (exact) mass is 300 g/mol. The number of hydrogen-bond acceptors (Lipinski definition) is 3. The number of halogens is 1. The van der Waals surface area contributed by atoms with Gasteiger partial charge in [0.05, 0.1) is 0 Å². The third-order valence-corrected chi connectivity index (χ3v) is 3.53. The number of carbonyl (C=O) groups excluding carboxylic acids is 1. The molecule has 0 aromatic carbocycles. The van der Waals surface area contributed by atoms with E-state index in [4.69, 9.17) is 10.2 Å². The van der Waals surface area contributed by atoms with Gasteiger partial charge in [0, 0.05) is 19.0 Å². The molecule has 1 aliphatic heterocycles. The molecule has 2 N–H and O–H groups in total. The second kappa shape index (κ2) is 5.23. The normalized spacial score (nSPS) is 25.4. The van der Waals surface area contributed by atoms with E-state index in [2.05, 4.69) is 22.9 Å². The second-order valence-electron chi connectivity index (χ2n) is 4.38. The molecule has 94 valence electrons. The average molecular weight is 301 g/mol. The van der Waals surface area contributed by atoms with Crippen LogP contribution in [-0.4, -0.2) is 23.4 Å². The fourth-order valence-corrected chi connectivity index (χ4v) is 2.65. The van der Waals surface area contributed by atoms with Crippen LogP contribution in [0, 0.1) is 0 Å². The first kappa shape index (κ1) is 12.6. The number of carbonyl (C=O) groups is 1. The van der Waals surface area contributed by atoms with E-state index in [1.54, 1.807) is 0 Å². The van der Waals surface area contributed by atoms with E-state index >= 15 is 0 Å². The highest BCUT2D eigenvalue weighted by atomic mass is 79.9. The van der Waals surface area contributed by atoms with Crippen molar-refractivity contribution in [2.45, 2.75) is 38.3 Å². The minimum atomic E-state index is -0.123. The summed E-state index contributed by atoms with van der Waals surface area (Å²) in [6.45, 7) is 2.79. The third-order valence-electron chi connectivity index (χ3n) is 3.10. The molecule has 2 unspecified atom stereocenters. The standard InChI is InChI=1S/C12H17BrN2O2/c1-2-7-15-11(16)6-3-8(14)12(15)9-4-5-10(13)17-9/h4-5,8,12H,2-3,6-7,14H2,1H3. The first-order valence-corrected chi connectivity index (χ1v) is 6.73. The Hall–Kier alpha value is -0.810. The summed E-state index contributed by atoms with van der Waals surface area (Å²) in [5, 5.41) is 0. The minimum Gasteiger partial charge on any atom is -0.452 e. The molecule has 1 aromatic heterocycles. The Labute approximate surface area is 109 Å². The maximum Gasteiger partial charge on any atom is 0.223 e. The first-order chi connectivity index (χ1) is 8.13. The minimum absolute atomic E-state index is 0.0442. The smallest absolute Gasteiger partial charge is 0.223 e. The average Bonchev–Trinajstić information content (AvgIpc) is 2.70. The quantitative estimate of drug-likeness (QED) is 0.933. The van der Waals surface area contributed by atoms with E-state index in [9.17, 15) is 4.79 Å². The molecule has 2 rings (SSSR count). The van der Waals surface area contributed by atoms with Crippen LogP contribution in [0.15, 0.2) is 21.2 Å². The second-order valence-corrected chi connectivity index (χ2v) is 5.16. The summed E-state index contributed by atoms with van der Waals surface area (Å²) in [6.07, 6.45) is 2.19. The molecule has 4 nitrogen and oxygen atoms in total. The van der Waals surface area contributed by atoms with Gasteiger partial charge >= 0.3 is 0 Å². The van der Waals surface area contributed by atoms with Gasteiger partial charge in [0.1, 0.15) is 11.8 Å². The number of amides is 1. The summed E-state index contributed by atoms with van der Waals surface area (Å²) in [5.41, 5.74) is 6.13. The van der Waals surface area contributed by atoms with E-state index in [0.29, 0.717) is 11.1 Å². The van der Waals surface area contributed by atoms with Crippen LogP contribution in [0.5, 0.6) is 0 Å². The lowest BCUT2D eigenvalue weighted by Crippen LogP contribution is -2.48. The van der Waals surface area contributed by atoms with Crippen LogP contribution in [0.25, 0.3) is 0 Å². The number of furan rings is 1. The molecule has 0 bridgehead atoms. The molecule has 0 saturated carbocycles. The Morgan fingerprint density at radius 2 is 2.35 bits per heavy atom. The van der Waals surface area contributed by atoms with Crippen LogP contribution in [0.4, 0.5) is 0 Å². The number of likely N-dealkylation sites (tertiary alicyclic amines) is 1. The van der Waals surface area contributed by atoms with E-state index in [1.165, 1.54) is 0 Å². The van der Waals surface area contributed by atoms with Gasteiger partial charge in [-0.05, 0) is 40.9 Å². The first-order valence-electron chi connectivity index (χ1n) is 5.93. The van der Waals surface area contributed by atoms with Crippen LogP contribution < -0.4 is 5.73 Å². The predicted molar refractivity (Wildman–Crippen MR) is 68.4 cm³/mol. The zero-order chi connectivity index (χ0) is 12.4. The van der Waals surface area contributed by atoms with Gasteiger partial charge in [-0.1, -0.05) is 6.92 Å². The predicted octanol–water partition coefficient (Wildman–Crippen LogP) is 2.44. The lowest BCUT2D eigenvalue weighted by molar-refractivity contribution is -0.138. The molecule has 0 radical (unpaired) electrons. The van der Waals surface area contributed by atoms with Crippen molar-refractivity contribution in [1.82, 2.24) is 4.90 Å². The van der Waals surface area contributed by atoms with Gasteiger partial charge in [0.25, 0.3) is 0 Å². The summed E-state index contributed by atoms with van der Waals surface area (Å²) in [7, 11) is 0. The Morgan fingerprint density at radius 3 is 2.94 bits per heavy atom. The molecule has 5 heteroatoms. The van der Waals surface area contributed by atoms with E-state index < -0.39 is 0 Å². The van der Waals surface area contributed by atoms with Crippen molar-refractivity contribution < 1.29 is 9.21 Å². The Kier molecular flexibility index (Phi) is 3.89. The van der Waals surface area contributed by atoms with Crippen molar-refractivity contribution >= 4 is 21.8 Å². The molecule has 1 saturated heterocycles. The number of piperidine rings is 1. The van der Waals surface area contributed by atoms with Crippen molar-refractivity contribution in [1.29, 1.82) is 0 Å². The number of nitrogens with two attached hydrogens (primary N) is 1. The summed E-state index contributed by atoms with van der Waals surface area (Å²) in [5.74, 6) is 0.942. The van der Waals surface area contributed by atoms with Gasteiger partial charge < -0.3 is 15.1 Å². The van der Waals surface area contributed by atoms with Crippen molar-refractivity contribution in [2.75, 3.05) is 6.54 Å². The maximum absolute atomic E-state index is 11.9. The molecule has 0 aliphatic carbocycles. The van der Waals surface area contributed by atoms with E-state index in [-0.39, 0.29) is 18.0 Å². The highest BCUT2D eigenvalue weighted by molar-refractivity contribution is 9.10. The van der Waals surface area contributed by atoms with Gasteiger partial charge in [0.2, 0.25) is 5.91 Å². The van der Waals surface area contributed by atoms with Gasteiger partial charge in [-0.15, -0.1) is 0 Å². The molecular weight excluding hydrogens is 284 g/mol. The molecule has 1 aliphatic rings. The van der Waals surface area contributed by atoms with Crippen molar-refractivity contribution in [2.24, 2.45) is 5.73 Å². The number of hydrogen-bond donors (Lipinski definition) is 1. The largest absolute Gasteiger partial charge is 0.452 e. The van der Waals surface area contributed by atoms with E-state index in [0.717, 1.165) is 25.1 Å². The van der Waals surface area contributed by atoms with Crippen LogP contribution in [0.1, 0.15) is 38.0 Å². The molecule has 2 heterocycles. The van der Waals surface area contributed by atoms with Crippen LogP contribution in [-0.2, 0) is 4.79 Å². The topological polar surface area (TPSA) is 59.5 Å². The highest BCUT2D eigenvalue weighted by Gasteiger charge is 2.36. The van der Waals surface area contributed by atoms with Gasteiger partial charge in [0.15, 0.2) is 4.67 Å². The summed E-state index contributed by atoms with van der Waals surface area (Å²) < 4.78 is 6.24. The zero-order valence-corrected chi connectivity index (χ0v) is 11.4. The fraction of sp³-hybridized carbons (Fsp3) is 0.583. The molecule has 1 amide bonds. The summed E-state index contributed by atoms with van der Waals surface area (Å²) in [4.78, 5) is 13.8. The van der Waals surface area contributed by atoms with Crippen LogP contribution in [0.3, 0.4) is 0 Å². The highest BCUT2D eigenvalue weighted by Crippen LogP contribution is 2.33. The molecule has 1 fully saturated rings. The van der Waals surface area contributed by atoms with Gasteiger partial charge in [-0.25, -0.2) is 0 Å². The van der Waals surface area contributed by atoms with Crippen LogP contribution >= 0.6 is 15.9 Å². The molecule has 2 atom stereocenters. The van der Waals surface area contributed by atoms with Crippen molar-refractivity contribution in [3.8, 4) is 0 Å². The Morgan fingerprint density at radius 1 is 1.59 bits per heavy atom. The van der Waals surface area contributed by atoms with Crippen molar-refractivity contribution in [3.63, 3.8) is 0 Å². The molecular formula is C12H17BrN2O2. The van der Waals surface area contributed by atoms with Gasteiger partial charge in [-0.3, -0.25) is 4.79 Å².